The van der Waals surface area contributed by atoms with Gasteiger partial charge in [0.15, 0.2) is 0 Å². The molecule has 1 aliphatic rings. The molecule has 1 aliphatic carbocycles. The van der Waals surface area contributed by atoms with Crippen LogP contribution in [0.25, 0.3) is 0 Å². The lowest BCUT2D eigenvalue weighted by atomic mass is 9.87. The van der Waals surface area contributed by atoms with Crippen LogP contribution in [0, 0.1) is 5.82 Å². The van der Waals surface area contributed by atoms with Gasteiger partial charge in [0.05, 0.1) is 5.75 Å². The summed E-state index contributed by atoms with van der Waals surface area (Å²) in [6.07, 6.45) is -1.42. The third-order valence-corrected chi connectivity index (χ3v) is 7.49. The Labute approximate surface area is 222 Å². The number of carbonyl (C=O) groups excluding carboxylic acids is 2. The van der Waals surface area contributed by atoms with E-state index in [1.54, 1.807) is 12.1 Å². The first-order valence-electron chi connectivity index (χ1n) is 11.2. The highest BCUT2D eigenvalue weighted by molar-refractivity contribution is 7.89. The number of benzene rings is 2. The van der Waals surface area contributed by atoms with Gasteiger partial charge >= 0.3 is 0 Å². The summed E-state index contributed by atoms with van der Waals surface area (Å²) in [5.74, 6) is -5.52. The number of halogens is 5. The lowest BCUT2D eigenvalue weighted by molar-refractivity contribution is -0.132. The first-order valence-corrected chi connectivity index (χ1v) is 13.8. The number of nitrogens with one attached hydrogen (secondary N) is 3. The summed E-state index contributed by atoms with van der Waals surface area (Å²) in [7, 11) is -3.72. The van der Waals surface area contributed by atoms with Crippen molar-refractivity contribution in [1.82, 2.24) is 15.6 Å². The predicted molar refractivity (Wildman–Crippen MR) is 134 cm³/mol. The van der Waals surface area contributed by atoms with Crippen LogP contribution in [-0.2, 0) is 19.6 Å². The number of hydrogen-bond acceptors (Lipinski definition) is 5. The normalized spacial score (nSPS) is 16.0. The maximum atomic E-state index is 14.2. The summed E-state index contributed by atoms with van der Waals surface area (Å²) in [6.45, 7) is -0.183. The van der Waals surface area contributed by atoms with Gasteiger partial charge in [0.25, 0.3) is 5.92 Å². The maximum absolute atomic E-state index is 14.2. The highest BCUT2D eigenvalue weighted by Gasteiger charge is 2.47. The predicted octanol–water partition coefficient (Wildman–Crippen LogP) is 3.52. The molecule has 1 atom stereocenters. The van der Waals surface area contributed by atoms with Crippen molar-refractivity contribution in [2.45, 2.75) is 37.3 Å². The zero-order valence-corrected chi connectivity index (χ0v) is 21.7. The van der Waals surface area contributed by atoms with Gasteiger partial charge in [0, 0.05) is 54.0 Å². The Hall–Kier alpha value is -2.38. The van der Waals surface area contributed by atoms with E-state index in [-0.39, 0.29) is 40.9 Å². The Bertz CT molecular complexity index is 1230. The van der Waals surface area contributed by atoms with Crippen LogP contribution in [0.4, 0.5) is 18.9 Å². The number of sulfonamides is 1. The number of alkyl halides is 3. The van der Waals surface area contributed by atoms with Crippen molar-refractivity contribution >= 4 is 50.7 Å². The van der Waals surface area contributed by atoms with Crippen molar-refractivity contribution in [1.29, 1.82) is 0 Å². The van der Waals surface area contributed by atoms with E-state index in [0.717, 1.165) is 17.0 Å². The van der Waals surface area contributed by atoms with Crippen LogP contribution in [0.15, 0.2) is 48.5 Å². The first-order chi connectivity index (χ1) is 17.4. The maximum Gasteiger partial charge on any atom is 0.252 e. The van der Waals surface area contributed by atoms with Gasteiger partial charge in [-0.1, -0.05) is 35.9 Å². The molecule has 8 nitrogen and oxygen atoms in total. The molecular weight excluding hydrogens is 556 g/mol. The number of anilines is 1. The van der Waals surface area contributed by atoms with Gasteiger partial charge in [0.2, 0.25) is 21.8 Å². The Morgan fingerprint density at radius 2 is 1.84 bits per heavy atom. The molecule has 3 rings (SSSR count). The van der Waals surface area contributed by atoms with Crippen molar-refractivity contribution in [2.75, 3.05) is 23.1 Å². The van der Waals surface area contributed by atoms with Crippen LogP contribution < -0.4 is 20.5 Å². The van der Waals surface area contributed by atoms with E-state index in [2.05, 4.69) is 15.6 Å². The van der Waals surface area contributed by atoms with Gasteiger partial charge < -0.3 is 5.32 Å². The second-order valence-corrected chi connectivity index (χ2v) is 11.1. The highest BCUT2D eigenvalue weighted by atomic mass is 35.5. The van der Waals surface area contributed by atoms with Gasteiger partial charge in [-0.15, -0.1) is 11.6 Å². The van der Waals surface area contributed by atoms with E-state index >= 15 is 0 Å². The topological polar surface area (TPSA) is 108 Å². The molecule has 0 saturated heterocycles. The molecule has 0 bridgehead atoms. The largest absolute Gasteiger partial charge is 0.351 e. The molecule has 3 N–H and O–H groups in total. The Morgan fingerprint density at radius 3 is 2.46 bits per heavy atom. The van der Waals surface area contributed by atoms with Crippen molar-refractivity contribution in [3.05, 3.63) is 64.9 Å². The fourth-order valence-electron chi connectivity index (χ4n) is 3.80. The van der Waals surface area contributed by atoms with E-state index in [0.29, 0.717) is 0 Å². The minimum atomic E-state index is -3.72. The summed E-state index contributed by atoms with van der Waals surface area (Å²) in [4.78, 5) is 30.0. The van der Waals surface area contributed by atoms with Gasteiger partial charge in [-0.3, -0.25) is 14.5 Å². The molecule has 37 heavy (non-hydrogen) atoms. The van der Waals surface area contributed by atoms with E-state index in [4.69, 9.17) is 23.2 Å². The lowest BCUT2D eigenvalue weighted by Crippen LogP contribution is -2.54. The number of hydrogen-bond donors (Lipinski definition) is 3. The van der Waals surface area contributed by atoms with Crippen LogP contribution in [0.1, 0.15) is 30.9 Å². The molecule has 1 unspecified atom stereocenters. The van der Waals surface area contributed by atoms with Crippen LogP contribution in [0.2, 0.25) is 5.02 Å². The second kappa shape index (κ2) is 12.4. The number of amides is 2. The Kier molecular flexibility index (Phi) is 9.81. The zero-order chi connectivity index (χ0) is 27.2. The summed E-state index contributed by atoms with van der Waals surface area (Å²) in [5, 5.41) is 2.66. The van der Waals surface area contributed by atoms with E-state index < -0.39 is 58.5 Å². The third kappa shape index (κ3) is 8.05. The number of nitrogens with zero attached hydrogens (tertiary/aromatic N) is 1. The molecule has 0 spiro atoms. The molecule has 14 heteroatoms. The van der Waals surface area contributed by atoms with Gasteiger partial charge in [-0.25, -0.2) is 27.0 Å². The number of rotatable bonds is 12. The van der Waals surface area contributed by atoms with Crippen molar-refractivity contribution in [3.8, 4) is 0 Å². The summed E-state index contributed by atoms with van der Waals surface area (Å²) in [5.41, 5.74) is 2.63. The average Bonchev–Trinajstić information content (AvgIpc) is 2.79. The molecular formula is C23H25Cl2F3N4O4S. The number of carbonyl (C=O) groups is 2. The molecule has 202 valence electrons. The summed E-state index contributed by atoms with van der Waals surface area (Å²) < 4.78 is 64.4. The third-order valence-electron chi connectivity index (χ3n) is 5.54. The van der Waals surface area contributed by atoms with Crippen molar-refractivity contribution in [2.24, 2.45) is 0 Å². The van der Waals surface area contributed by atoms with Crippen LogP contribution in [0.5, 0.6) is 0 Å². The standard InChI is InChI=1S/C23H25Cl2F3N4O4S/c24-9-11-37(35,36)31-29-10-8-20(33)32(17-5-3-4-15(26)12-17)21(18-6-1-2-7-19(18)25)22(34)30-16-13-23(27,28)14-16/h1-7,12,16,21,29,31H,8-11,13-14H2,(H,30,34). The monoisotopic (exact) mass is 580 g/mol. The van der Waals surface area contributed by atoms with Gasteiger partial charge in [0.1, 0.15) is 11.9 Å². The smallest absolute Gasteiger partial charge is 0.252 e. The molecule has 0 aliphatic heterocycles. The van der Waals surface area contributed by atoms with E-state index in [9.17, 15) is 31.2 Å². The van der Waals surface area contributed by atoms with Crippen LogP contribution in [-0.4, -0.2) is 50.4 Å². The molecule has 2 aromatic carbocycles. The molecule has 0 radical (unpaired) electrons. The minimum absolute atomic E-state index is 0.0201. The van der Waals surface area contributed by atoms with Crippen LogP contribution >= 0.6 is 23.2 Å². The van der Waals surface area contributed by atoms with Crippen molar-refractivity contribution in [3.63, 3.8) is 0 Å². The molecule has 1 fully saturated rings. The fourth-order valence-corrected chi connectivity index (χ4v) is 5.28. The highest BCUT2D eigenvalue weighted by Crippen LogP contribution is 2.39. The molecule has 2 amide bonds. The van der Waals surface area contributed by atoms with E-state index in [1.165, 1.54) is 24.3 Å². The number of hydrazine groups is 1. The molecule has 0 aromatic heterocycles. The summed E-state index contributed by atoms with van der Waals surface area (Å²) >= 11 is 11.8. The average molecular weight is 581 g/mol. The summed E-state index contributed by atoms with van der Waals surface area (Å²) in [6, 6.07) is 8.91. The molecule has 1 saturated carbocycles. The Balaban J connectivity index is 1.91. The fraction of sp³-hybridized carbons (Fsp3) is 0.391. The first kappa shape index (κ1) is 29.2. The van der Waals surface area contributed by atoms with Gasteiger partial charge in [-0.2, -0.15) is 4.83 Å². The van der Waals surface area contributed by atoms with Crippen LogP contribution in [0.3, 0.4) is 0 Å². The SMILES string of the molecule is O=C(NC1CC(F)(F)C1)C(c1ccccc1Cl)N(C(=O)CCNNS(=O)(=O)CCCl)c1cccc(F)c1. The second-order valence-electron chi connectivity index (χ2n) is 8.42. The lowest BCUT2D eigenvalue weighted by Gasteiger charge is -2.38. The molecule has 2 aromatic rings. The van der Waals surface area contributed by atoms with Crippen molar-refractivity contribution < 1.29 is 31.2 Å². The Morgan fingerprint density at radius 1 is 1.14 bits per heavy atom. The molecule has 0 heterocycles. The van der Waals surface area contributed by atoms with E-state index in [1.807, 2.05) is 0 Å². The van der Waals surface area contributed by atoms with Gasteiger partial charge in [-0.05, 0) is 24.3 Å². The quantitative estimate of drug-likeness (QED) is 0.202. The zero-order valence-electron chi connectivity index (χ0n) is 19.4. The minimum Gasteiger partial charge on any atom is -0.351 e.